The van der Waals surface area contributed by atoms with Crippen LogP contribution in [0.2, 0.25) is 0 Å². The van der Waals surface area contributed by atoms with E-state index < -0.39 is 0 Å². The lowest BCUT2D eigenvalue weighted by molar-refractivity contribution is -0.0598. The maximum Gasteiger partial charge on any atom is 0.162 e. The average Bonchev–Trinajstić information content (AvgIpc) is 2.47. The van der Waals surface area contributed by atoms with Crippen LogP contribution in [0.4, 0.5) is 5.82 Å². The second kappa shape index (κ2) is 5.91. The van der Waals surface area contributed by atoms with E-state index in [9.17, 15) is 0 Å². The van der Waals surface area contributed by atoms with Gasteiger partial charge in [0.15, 0.2) is 5.82 Å². The summed E-state index contributed by atoms with van der Waals surface area (Å²) in [6.45, 7) is 8.86. The molecule has 0 aromatic carbocycles. The van der Waals surface area contributed by atoms with E-state index in [2.05, 4.69) is 33.0 Å². The van der Waals surface area contributed by atoms with E-state index in [4.69, 9.17) is 14.7 Å². The molecular formula is C17H29N3O. The Morgan fingerprint density at radius 1 is 1.24 bits per heavy atom. The highest BCUT2D eigenvalue weighted by molar-refractivity contribution is 5.38. The summed E-state index contributed by atoms with van der Waals surface area (Å²) in [5.41, 5.74) is 0.742. The maximum atomic E-state index is 5.93. The van der Waals surface area contributed by atoms with Crippen LogP contribution in [0.1, 0.15) is 64.9 Å². The van der Waals surface area contributed by atoms with Crippen LogP contribution < -0.4 is 5.32 Å². The van der Waals surface area contributed by atoms with Crippen LogP contribution in [0.5, 0.6) is 0 Å². The zero-order valence-corrected chi connectivity index (χ0v) is 14.3. The van der Waals surface area contributed by atoms with E-state index in [-0.39, 0.29) is 11.0 Å². The molecule has 0 atom stereocenters. The van der Waals surface area contributed by atoms with Crippen LogP contribution in [-0.2, 0) is 15.8 Å². The van der Waals surface area contributed by atoms with E-state index in [0.717, 1.165) is 36.1 Å². The molecule has 0 aliphatic heterocycles. The van der Waals surface area contributed by atoms with Crippen molar-refractivity contribution >= 4 is 5.82 Å². The third-order valence-electron chi connectivity index (χ3n) is 4.63. The second-order valence-corrected chi connectivity index (χ2v) is 7.34. The monoisotopic (exact) mass is 291 g/mol. The van der Waals surface area contributed by atoms with Gasteiger partial charge in [0.25, 0.3) is 0 Å². The van der Waals surface area contributed by atoms with Gasteiger partial charge in [0.05, 0.1) is 5.69 Å². The van der Waals surface area contributed by atoms with Crippen LogP contribution in [0.3, 0.4) is 0 Å². The molecule has 4 nitrogen and oxygen atoms in total. The second-order valence-electron chi connectivity index (χ2n) is 7.34. The van der Waals surface area contributed by atoms with Crippen molar-refractivity contribution in [2.24, 2.45) is 5.92 Å². The Bertz CT molecular complexity index is 485. The molecule has 1 saturated carbocycles. The van der Waals surface area contributed by atoms with Gasteiger partial charge in [-0.2, -0.15) is 0 Å². The molecule has 1 fully saturated rings. The molecule has 2 rings (SSSR count). The van der Waals surface area contributed by atoms with Crippen molar-refractivity contribution in [3.05, 3.63) is 17.6 Å². The molecule has 1 N–H and O–H groups in total. The van der Waals surface area contributed by atoms with Gasteiger partial charge in [-0.15, -0.1) is 0 Å². The highest BCUT2D eigenvalue weighted by Gasteiger charge is 2.39. The predicted octanol–water partition coefficient (Wildman–Crippen LogP) is 3.87. The molecular weight excluding hydrogens is 262 g/mol. The van der Waals surface area contributed by atoms with Gasteiger partial charge in [-0.1, -0.05) is 27.7 Å². The Morgan fingerprint density at radius 2 is 1.86 bits per heavy atom. The zero-order valence-electron chi connectivity index (χ0n) is 14.3. The molecule has 1 aliphatic rings. The van der Waals surface area contributed by atoms with Gasteiger partial charge >= 0.3 is 0 Å². The van der Waals surface area contributed by atoms with Crippen LogP contribution in [0, 0.1) is 5.92 Å². The highest BCUT2D eigenvalue weighted by atomic mass is 16.5. The number of methoxy groups -OCH3 is 1. The first kappa shape index (κ1) is 16.2. The number of rotatable bonds is 3. The lowest BCUT2D eigenvalue weighted by atomic mass is 9.78. The minimum Gasteiger partial charge on any atom is -0.373 e. The van der Waals surface area contributed by atoms with Gasteiger partial charge in [0, 0.05) is 25.6 Å². The summed E-state index contributed by atoms with van der Waals surface area (Å²) < 4.78 is 5.93. The summed E-state index contributed by atoms with van der Waals surface area (Å²) in [4.78, 5) is 9.58. The van der Waals surface area contributed by atoms with Crippen molar-refractivity contribution in [2.75, 3.05) is 19.5 Å². The molecule has 1 aromatic heterocycles. The van der Waals surface area contributed by atoms with Gasteiger partial charge in [0.2, 0.25) is 0 Å². The predicted molar refractivity (Wildman–Crippen MR) is 86.6 cm³/mol. The van der Waals surface area contributed by atoms with E-state index in [0.29, 0.717) is 0 Å². The molecule has 1 aliphatic carbocycles. The number of hydrogen-bond donors (Lipinski definition) is 1. The summed E-state index contributed by atoms with van der Waals surface area (Å²) >= 11 is 0. The molecule has 0 saturated heterocycles. The number of ether oxygens (including phenoxy) is 1. The smallest absolute Gasteiger partial charge is 0.162 e. The summed E-state index contributed by atoms with van der Waals surface area (Å²) in [7, 11) is 3.70. The minimum atomic E-state index is -0.320. The standard InChI is InChI=1S/C17H29N3O/c1-12-7-9-17(21-6,10-8-12)15-19-13(16(2,3)4)11-14(18-5)20-15/h11-12H,7-10H2,1-6H3,(H,18,19,20). The van der Waals surface area contributed by atoms with Gasteiger partial charge in [-0.3, -0.25) is 0 Å². The van der Waals surface area contributed by atoms with Crippen molar-refractivity contribution in [2.45, 2.75) is 64.4 Å². The van der Waals surface area contributed by atoms with Crippen molar-refractivity contribution in [3.8, 4) is 0 Å². The fourth-order valence-electron chi connectivity index (χ4n) is 2.91. The van der Waals surface area contributed by atoms with Gasteiger partial charge in [0.1, 0.15) is 11.4 Å². The molecule has 0 spiro atoms. The Hall–Kier alpha value is -1.16. The van der Waals surface area contributed by atoms with E-state index in [1.807, 2.05) is 13.1 Å². The zero-order chi connectivity index (χ0) is 15.7. The first-order valence-corrected chi connectivity index (χ1v) is 7.94. The molecule has 0 bridgehead atoms. The van der Waals surface area contributed by atoms with Crippen LogP contribution in [0.25, 0.3) is 0 Å². The fraction of sp³-hybridized carbons (Fsp3) is 0.765. The number of hydrogen-bond acceptors (Lipinski definition) is 4. The molecule has 21 heavy (non-hydrogen) atoms. The maximum absolute atomic E-state index is 5.93. The Morgan fingerprint density at radius 3 is 2.33 bits per heavy atom. The van der Waals surface area contributed by atoms with E-state index in [1.165, 1.54) is 12.8 Å². The Kier molecular flexibility index (Phi) is 4.57. The largest absolute Gasteiger partial charge is 0.373 e. The van der Waals surface area contributed by atoms with E-state index in [1.54, 1.807) is 7.11 Å². The number of anilines is 1. The third kappa shape index (κ3) is 3.37. The molecule has 0 radical (unpaired) electrons. The highest BCUT2D eigenvalue weighted by Crippen LogP contribution is 2.41. The SMILES string of the molecule is CNc1cc(C(C)(C)C)nc(C2(OC)CCC(C)CC2)n1. The third-order valence-corrected chi connectivity index (χ3v) is 4.63. The number of nitrogens with zero attached hydrogens (tertiary/aromatic N) is 2. The number of aromatic nitrogens is 2. The number of nitrogens with one attached hydrogen (secondary N) is 1. The van der Waals surface area contributed by atoms with Crippen LogP contribution >= 0.6 is 0 Å². The van der Waals surface area contributed by atoms with Crippen LogP contribution in [-0.4, -0.2) is 24.1 Å². The van der Waals surface area contributed by atoms with Crippen molar-refractivity contribution in [1.82, 2.24) is 9.97 Å². The quantitative estimate of drug-likeness (QED) is 0.918. The van der Waals surface area contributed by atoms with Crippen molar-refractivity contribution in [1.29, 1.82) is 0 Å². The molecule has 4 heteroatoms. The Balaban J connectivity index is 2.46. The molecule has 0 unspecified atom stereocenters. The average molecular weight is 291 g/mol. The minimum absolute atomic E-state index is 0.000178. The fourth-order valence-corrected chi connectivity index (χ4v) is 2.91. The first-order valence-electron chi connectivity index (χ1n) is 7.94. The molecule has 118 valence electrons. The topological polar surface area (TPSA) is 47.0 Å². The van der Waals surface area contributed by atoms with Crippen molar-refractivity contribution in [3.63, 3.8) is 0 Å². The van der Waals surface area contributed by atoms with E-state index >= 15 is 0 Å². The normalized spacial score (nSPS) is 26.7. The molecule has 1 heterocycles. The van der Waals surface area contributed by atoms with Gasteiger partial charge < -0.3 is 10.1 Å². The summed E-state index contributed by atoms with van der Waals surface area (Å²) in [6.07, 6.45) is 4.35. The Labute approximate surface area is 128 Å². The lowest BCUT2D eigenvalue weighted by Crippen LogP contribution is -2.36. The van der Waals surface area contributed by atoms with Gasteiger partial charge in [-0.05, 0) is 31.6 Å². The molecule has 1 aromatic rings. The first-order chi connectivity index (χ1) is 9.80. The summed E-state index contributed by atoms with van der Waals surface area (Å²) in [5.74, 6) is 2.48. The van der Waals surface area contributed by atoms with Crippen molar-refractivity contribution < 1.29 is 4.74 Å². The molecule has 0 amide bonds. The van der Waals surface area contributed by atoms with Crippen LogP contribution in [0.15, 0.2) is 6.07 Å². The lowest BCUT2D eigenvalue weighted by Gasteiger charge is -2.37. The summed E-state index contributed by atoms with van der Waals surface area (Å²) in [5, 5.41) is 3.16. The van der Waals surface area contributed by atoms with Gasteiger partial charge in [-0.25, -0.2) is 9.97 Å². The summed E-state index contributed by atoms with van der Waals surface area (Å²) in [6, 6.07) is 2.04.